The van der Waals surface area contributed by atoms with Crippen molar-refractivity contribution < 1.29 is 13.2 Å². The lowest BCUT2D eigenvalue weighted by molar-refractivity contribution is -0.122. The number of carbonyl (C=O) groups excluding carboxylic acids is 1. The highest BCUT2D eigenvalue weighted by atomic mass is 32.2. The van der Waals surface area contributed by atoms with E-state index in [1.807, 2.05) is 6.92 Å². The first-order valence-electron chi connectivity index (χ1n) is 6.51. The first-order chi connectivity index (χ1) is 9.42. The van der Waals surface area contributed by atoms with Crippen LogP contribution in [0.5, 0.6) is 0 Å². The maximum atomic E-state index is 12.3. The second-order valence-electron chi connectivity index (χ2n) is 4.95. The molecule has 0 spiro atoms. The Bertz CT molecular complexity index is 603. The molecule has 1 unspecified atom stereocenters. The summed E-state index contributed by atoms with van der Waals surface area (Å²) in [6.45, 7) is 2.55. The van der Waals surface area contributed by atoms with E-state index in [2.05, 4.69) is 10.0 Å². The first kappa shape index (κ1) is 15.0. The van der Waals surface area contributed by atoms with Crippen LogP contribution in [0.1, 0.15) is 24.0 Å². The Morgan fingerprint density at radius 3 is 2.75 bits per heavy atom. The number of nitrogens with one attached hydrogen (secondary N) is 2. The van der Waals surface area contributed by atoms with Gasteiger partial charge in [0.05, 0.1) is 4.90 Å². The second kappa shape index (κ2) is 5.90. The first-order valence-corrected chi connectivity index (χ1v) is 7.99. The number of amides is 1. The maximum Gasteiger partial charge on any atom is 0.240 e. The third-order valence-corrected chi connectivity index (χ3v) is 4.95. The van der Waals surface area contributed by atoms with E-state index in [1.54, 1.807) is 18.2 Å². The molecule has 1 aliphatic heterocycles. The van der Waals surface area contributed by atoms with Crippen molar-refractivity contribution in [3.05, 3.63) is 29.3 Å². The molecule has 110 valence electrons. The number of sulfonamides is 1. The zero-order chi connectivity index (χ0) is 14.8. The minimum Gasteiger partial charge on any atom is -0.355 e. The van der Waals surface area contributed by atoms with E-state index in [9.17, 15) is 13.2 Å². The van der Waals surface area contributed by atoms with Crippen molar-refractivity contribution in [3.63, 3.8) is 0 Å². The molecule has 1 aliphatic rings. The third-order valence-electron chi connectivity index (χ3n) is 3.43. The number of benzene rings is 1. The summed E-state index contributed by atoms with van der Waals surface area (Å²) in [5.74, 6) is -0.0383. The zero-order valence-corrected chi connectivity index (χ0v) is 12.2. The van der Waals surface area contributed by atoms with Crippen LogP contribution in [0.15, 0.2) is 23.1 Å². The van der Waals surface area contributed by atoms with Gasteiger partial charge in [-0.25, -0.2) is 13.1 Å². The topological polar surface area (TPSA) is 101 Å². The fraction of sp³-hybridized carbons (Fsp3) is 0.462. The maximum absolute atomic E-state index is 12.3. The second-order valence-corrected chi connectivity index (χ2v) is 6.67. The van der Waals surface area contributed by atoms with Crippen molar-refractivity contribution in [2.24, 2.45) is 5.73 Å². The van der Waals surface area contributed by atoms with Gasteiger partial charge in [-0.05, 0) is 36.6 Å². The Hall–Kier alpha value is -1.44. The van der Waals surface area contributed by atoms with Crippen LogP contribution < -0.4 is 15.8 Å². The van der Waals surface area contributed by atoms with E-state index in [4.69, 9.17) is 5.73 Å². The van der Waals surface area contributed by atoms with E-state index in [1.165, 1.54) is 0 Å². The SMILES string of the molecule is Cc1cc(S(=O)(=O)NC2CCC(=O)NC2)ccc1CN. The number of nitrogens with two attached hydrogens (primary N) is 1. The standard InChI is InChI=1S/C13H19N3O3S/c1-9-6-12(4-2-10(9)7-14)20(18,19)16-11-3-5-13(17)15-8-11/h2,4,6,11,16H,3,5,7-8,14H2,1H3,(H,15,17). The number of hydrogen-bond acceptors (Lipinski definition) is 4. The Kier molecular flexibility index (Phi) is 4.42. The summed E-state index contributed by atoms with van der Waals surface area (Å²) in [5.41, 5.74) is 7.35. The van der Waals surface area contributed by atoms with Crippen LogP contribution in [-0.4, -0.2) is 26.9 Å². The molecule has 0 aromatic heterocycles. The molecule has 1 saturated heterocycles. The quantitative estimate of drug-likeness (QED) is 0.728. The lowest BCUT2D eigenvalue weighted by Gasteiger charge is -2.23. The van der Waals surface area contributed by atoms with Crippen LogP contribution in [0.4, 0.5) is 0 Å². The molecule has 1 atom stereocenters. The van der Waals surface area contributed by atoms with Gasteiger partial charge >= 0.3 is 0 Å². The Labute approximate surface area is 118 Å². The van der Waals surface area contributed by atoms with E-state index in [0.717, 1.165) is 11.1 Å². The van der Waals surface area contributed by atoms with E-state index in [0.29, 0.717) is 25.9 Å². The molecule has 0 radical (unpaired) electrons. The van der Waals surface area contributed by atoms with Gasteiger partial charge in [0.15, 0.2) is 0 Å². The number of aryl methyl sites for hydroxylation is 1. The molecule has 1 fully saturated rings. The van der Waals surface area contributed by atoms with Crippen LogP contribution >= 0.6 is 0 Å². The van der Waals surface area contributed by atoms with Crippen LogP contribution in [0.3, 0.4) is 0 Å². The highest BCUT2D eigenvalue weighted by molar-refractivity contribution is 7.89. The zero-order valence-electron chi connectivity index (χ0n) is 11.3. The van der Waals surface area contributed by atoms with Gasteiger partial charge in [0, 0.05) is 25.6 Å². The van der Waals surface area contributed by atoms with E-state index >= 15 is 0 Å². The van der Waals surface area contributed by atoms with Crippen molar-refractivity contribution >= 4 is 15.9 Å². The fourth-order valence-electron chi connectivity index (χ4n) is 2.19. The molecular formula is C13H19N3O3S. The van der Waals surface area contributed by atoms with Crippen molar-refractivity contribution in [3.8, 4) is 0 Å². The Morgan fingerprint density at radius 1 is 1.45 bits per heavy atom. The van der Waals surface area contributed by atoms with E-state index in [-0.39, 0.29) is 16.8 Å². The van der Waals surface area contributed by atoms with Crippen molar-refractivity contribution in [1.29, 1.82) is 0 Å². The third kappa shape index (κ3) is 3.36. The van der Waals surface area contributed by atoms with Crippen molar-refractivity contribution in [1.82, 2.24) is 10.0 Å². The minimum atomic E-state index is -3.57. The van der Waals surface area contributed by atoms with E-state index < -0.39 is 10.0 Å². The average molecular weight is 297 g/mol. The van der Waals surface area contributed by atoms with Crippen LogP contribution in [-0.2, 0) is 21.4 Å². The molecule has 2 rings (SSSR count). The largest absolute Gasteiger partial charge is 0.355 e. The fourth-order valence-corrected chi connectivity index (χ4v) is 3.54. The number of rotatable bonds is 4. The molecule has 6 nitrogen and oxygen atoms in total. The number of carbonyl (C=O) groups is 1. The molecular weight excluding hydrogens is 278 g/mol. The smallest absolute Gasteiger partial charge is 0.240 e. The van der Waals surface area contributed by atoms with Gasteiger partial charge in [-0.2, -0.15) is 0 Å². The predicted molar refractivity (Wildman–Crippen MR) is 75.4 cm³/mol. The summed E-state index contributed by atoms with van der Waals surface area (Å²) in [6.07, 6.45) is 0.864. The van der Waals surface area contributed by atoms with Crippen LogP contribution in [0, 0.1) is 6.92 Å². The van der Waals surface area contributed by atoms with Crippen molar-refractivity contribution in [2.45, 2.75) is 37.2 Å². The van der Waals surface area contributed by atoms with Gasteiger partial charge in [-0.15, -0.1) is 0 Å². The molecule has 1 amide bonds. The molecule has 20 heavy (non-hydrogen) atoms. The number of piperidine rings is 1. The van der Waals surface area contributed by atoms with Gasteiger partial charge < -0.3 is 11.1 Å². The summed E-state index contributed by atoms with van der Waals surface area (Å²) in [6, 6.07) is 4.64. The van der Waals surface area contributed by atoms with Gasteiger partial charge in [-0.3, -0.25) is 4.79 Å². The summed E-state index contributed by atoms with van der Waals surface area (Å²) in [4.78, 5) is 11.3. The Balaban J connectivity index is 2.14. The van der Waals surface area contributed by atoms with Crippen molar-refractivity contribution in [2.75, 3.05) is 6.54 Å². The molecule has 0 aliphatic carbocycles. The molecule has 1 aromatic rings. The molecule has 7 heteroatoms. The highest BCUT2D eigenvalue weighted by Gasteiger charge is 2.24. The monoisotopic (exact) mass is 297 g/mol. The van der Waals surface area contributed by atoms with Gasteiger partial charge in [-0.1, -0.05) is 6.07 Å². The summed E-state index contributed by atoms with van der Waals surface area (Å²) >= 11 is 0. The number of hydrogen-bond donors (Lipinski definition) is 3. The van der Waals surface area contributed by atoms with Gasteiger partial charge in [0.1, 0.15) is 0 Å². The molecule has 1 aromatic carbocycles. The summed E-state index contributed by atoms with van der Waals surface area (Å²) in [5, 5.41) is 2.65. The molecule has 1 heterocycles. The molecule has 0 saturated carbocycles. The van der Waals surface area contributed by atoms with Gasteiger partial charge in [0.25, 0.3) is 0 Å². The molecule has 4 N–H and O–H groups in total. The average Bonchev–Trinajstić information content (AvgIpc) is 2.41. The lowest BCUT2D eigenvalue weighted by atomic mass is 10.1. The summed E-state index contributed by atoms with van der Waals surface area (Å²) < 4.78 is 27.2. The normalized spacial score (nSPS) is 19.7. The lowest BCUT2D eigenvalue weighted by Crippen LogP contribution is -2.47. The van der Waals surface area contributed by atoms with Crippen LogP contribution in [0.2, 0.25) is 0 Å². The van der Waals surface area contributed by atoms with Gasteiger partial charge in [0.2, 0.25) is 15.9 Å². The molecule has 0 bridgehead atoms. The summed E-state index contributed by atoms with van der Waals surface area (Å²) in [7, 11) is -3.57. The minimum absolute atomic E-state index is 0.0383. The highest BCUT2D eigenvalue weighted by Crippen LogP contribution is 2.16. The Morgan fingerprint density at radius 2 is 2.20 bits per heavy atom. The predicted octanol–water partition coefficient (Wildman–Crippen LogP) is 0.0106. The van der Waals surface area contributed by atoms with Crippen LogP contribution in [0.25, 0.3) is 0 Å².